The molecule has 0 radical (unpaired) electrons. The van der Waals surface area contributed by atoms with Crippen molar-refractivity contribution in [2.24, 2.45) is 0 Å². The molecule has 0 fully saturated rings. The molecule has 0 aliphatic heterocycles. The molecule has 0 saturated heterocycles. The third kappa shape index (κ3) is 2.91. The van der Waals surface area contributed by atoms with Gasteiger partial charge >= 0.3 is 0 Å². The fourth-order valence-electron chi connectivity index (χ4n) is 1.38. The summed E-state index contributed by atoms with van der Waals surface area (Å²) in [6.07, 6.45) is 5.24. The molecule has 0 atom stereocenters. The van der Waals surface area contributed by atoms with Crippen molar-refractivity contribution in [3.8, 4) is 0 Å². The third-order valence-corrected chi connectivity index (χ3v) is 2.40. The molecule has 1 amide bonds. The van der Waals surface area contributed by atoms with Crippen LogP contribution < -0.4 is 10.6 Å². The van der Waals surface area contributed by atoms with Crippen LogP contribution in [0.25, 0.3) is 0 Å². The molecule has 0 aromatic heterocycles. The molecule has 5 heteroatoms. The largest absolute Gasteiger partial charge is 0.326 e. The predicted octanol–water partition coefficient (Wildman–Crippen LogP) is 2.04. The van der Waals surface area contributed by atoms with E-state index in [9.17, 15) is 9.18 Å². The van der Waals surface area contributed by atoms with Crippen molar-refractivity contribution < 1.29 is 9.18 Å². The highest BCUT2D eigenvalue weighted by Gasteiger charge is 2.12. The second kappa shape index (κ2) is 5.40. The Morgan fingerprint density at radius 1 is 1.33 bits per heavy atom. The van der Waals surface area contributed by atoms with Gasteiger partial charge in [-0.2, -0.15) is 0 Å². The standard InChI is InChI=1S/C13H9FN2OS/c14-11-8-4-3-7-10(11)12(17)16-13(18)15-9-5-1-2-6-9/h1-5,7-8H,(H2,15,16,17,18). The molecule has 2 rings (SSSR count). The highest BCUT2D eigenvalue weighted by molar-refractivity contribution is 7.80. The number of carbonyl (C=O) groups excluding carboxylic acids is 1. The minimum Gasteiger partial charge on any atom is -0.326 e. The molecule has 3 nitrogen and oxygen atoms in total. The summed E-state index contributed by atoms with van der Waals surface area (Å²) in [5.41, 5.74) is 3.47. The van der Waals surface area contributed by atoms with Crippen LogP contribution in [-0.4, -0.2) is 11.0 Å². The van der Waals surface area contributed by atoms with Crippen LogP contribution in [0.15, 0.2) is 53.9 Å². The number of hydrogen-bond acceptors (Lipinski definition) is 2. The summed E-state index contributed by atoms with van der Waals surface area (Å²) in [5, 5.41) is 5.26. The molecule has 0 spiro atoms. The average Bonchev–Trinajstić information content (AvgIpc) is 2.82. The quantitative estimate of drug-likeness (QED) is 0.631. The molecule has 2 N–H and O–H groups in total. The van der Waals surface area contributed by atoms with Gasteiger partial charge < -0.3 is 5.32 Å². The van der Waals surface area contributed by atoms with Crippen LogP contribution in [0.3, 0.4) is 0 Å². The van der Waals surface area contributed by atoms with Crippen molar-refractivity contribution >= 4 is 23.2 Å². The van der Waals surface area contributed by atoms with Gasteiger partial charge in [-0.1, -0.05) is 23.9 Å². The molecular weight excluding hydrogens is 251 g/mol. The summed E-state index contributed by atoms with van der Waals surface area (Å²) in [6, 6.07) is 5.71. The molecule has 0 unspecified atom stereocenters. The Bertz CT molecular complexity index is 601. The van der Waals surface area contributed by atoms with Gasteiger partial charge in [0.05, 0.1) is 11.3 Å². The summed E-state index contributed by atoms with van der Waals surface area (Å²) in [4.78, 5) is 11.7. The molecule has 0 bridgehead atoms. The van der Waals surface area contributed by atoms with E-state index < -0.39 is 11.7 Å². The van der Waals surface area contributed by atoms with E-state index in [-0.39, 0.29) is 10.7 Å². The monoisotopic (exact) mass is 260 g/mol. The molecule has 0 heterocycles. The fourth-order valence-corrected chi connectivity index (χ4v) is 1.58. The van der Waals surface area contributed by atoms with E-state index in [1.807, 2.05) is 0 Å². The highest BCUT2D eigenvalue weighted by atomic mass is 32.1. The molecule has 0 saturated carbocycles. The zero-order chi connectivity index (χ0) is 13.0. The van der Waals surface area contributed by atoms with Crippen molar-refractivity contribution in [1.82, 2.24) is 10.6 Å². The maximum absolute atomic E-state index is 13.3. The number of halogens is 1. The van der Waals surface area contributed by atoms with Gasteiger partial charge in [-0.05, 0) is 36.5 Å². The lowest BCUT2D eigenvalue weighted by Crippen LogP contribution is -2.38. The van der Waals surface area contributed by atoms with E-state index in [4.69, 9.17) is 12.2 Å². The first-order valence-corrected chi connectivity index (χ1v) is 5.58. The lowest BCUT2D eigenvalue weighted by Gasteiger charge is -2.08. The van der Waals surface area contributed by atoms with Crippen LogP contribution in [0.4, 0.5) is 4.39 Å². The zero-order valence-corrected chi connectivity index (χ0v) is 10.1. The Hall–Kier alpha value is -2.23. The minimum atomic E-state index is -0.586. The Balaban J connectivity index is 1.99. The summed E-state index contributed by atoms with van der Waals surface area (Å²) in [7, 11) is 0. The molecule has 1 aromatic carbocycles. The number of rotatable bonds is 2. The van der Waals surface area contributed by atoms with Gasteiger partial charge in [0.2, 0.25) is 0 Å². The number of carbonyl (C=O) groups is 1. The van der Waals surface area contributed by atoms with E-state index in [1.165, 1.54) is 18.2 Å². The second-order valence-corrected chi connectivity index (χ2v) is 3.88. The topological polar surface area (TPSA) is 41.1 Å². The summed E-state index contributed by atoms with van der Waals surface area (Å²) < 4.78 is 13.3. The van der Waals surface area contributed by atoms with Crippen molar-refractivity contribution in [2.45, 2.75) is 0 Å². The molecular formula is C13H9FN2OS. The molecule has 1 aliphatic carbocycles. The van der Waals surface area contributed by atoms with Gasteiger partial charge in [-0.15, -0.1) is 0 Å². The Kier molecular flexibility index (Phi) is 3.67. The normalized spacial score (nSPS) is 12.2. The van der Waals surface area contributed by atoms with Crippen LogP contribution in [0.2, 0.25) is 0 Å². The van der Waals surface area contributed by atoms with Gasteiger partial charge in [0.25, 0.3) is 5.91 Å². The van der Waals surface area contributed by atoms with Gasteiger partial charge in [0.1, 0.15) is 5.82 Å². The van der Waals surface area contributed by atoms with Crippen molar-refractivity contribution in [1.29, 1.82) is 0 Å². The summed E-state index contributed by atoms with van der Waals surface area (Å²) in [6.45, 7) is 0. The average molecular weight is 260 g/mol. The van der Waals surface area contributed by atoms with Gasteiger partial charge in [-0.25, -0.2) is 4.39 Å². The number of allylic oxidation sites excluding steroid dienone is 2. The van der Waals surface area contributed by atoms with E-state index in [0.717, 1.165) is 0 Å². The lowest BCUT2D eigenvalue weighted by atomic mass is 10.2. The number of amides is 1. The van der Waals surface area contributed by atoms with Crippen LogP contribution in [0.5, 0.6) is 0 Å². The van der Waals surface area contributed by atoms with E-state index in [2.05, 4.69) is 16.4 Å². The maximum atomic E-state index is 13.3. The molecule has 1 aromatic rings. The fraction of sp³-hybridized carbons (Fsp3) is 0. The Morgan fingerprint density at radius 3 is 2.78 bits per heavy atom. The van der Waals surface area contributed by atoms with Gasteiger partial charge in [0.15, 0.2) is 5.11 Å². The SMILES string of the molecule is O=C(NC(=S)NC1=C=CC=C1)c1ccccc1F. The number of thiocarbonyl (C=S) groups is 1. The van der Waals surface area contributed by atoms with E-state index in [0.29, 0.717) is 5.70 Å². The number of nitrogens with one attached hydrogen (secondary N) is 2. The zero-order valence-electron chi connectivity index (χ0n) is 9.24. The number of hydrogen-bond donors (Lipinski definition) is 2. The minimum absolute atomic E-state index is 0.0480. The van der Waals surface area contributed by atoms with Crippen molar-refractivity contribution in [3.05, 3.63) is 65.3 Å². The molecule has 1 aliphatic rings. The van der Waals surface area contributed by atoms with E-state index >= 15 is 0 Å². The third-order valence-electron chi connectivity index (χ3n) is 2.19. The van der Waals surface area contributed by atoms with Crippen LogP contribution in [0.1, 0.15) is 10.4 Å². The van der Waals surface area contributed by atoms with Crippen LogP contribution in [0, 0.1) is 5.82 Å². The molecule has 18 heavy (non-hydrogen) atoms. The van der Waals surface area contributed by atoms with Gasteiger partial charge in [-0.3, -0.25) is 10.1 Å². The molecule has 90 valence electrons. The summed E-state index contributed by atoms with van der Waals surface area (Å²) in [5.74, 6) is -1.17. The van der Waals surface area contributed by atoms with Crippen molar-refractivity contribution in [3.63, 3.8) is 0 Å². The Labute approximate surface area is 109 Å². The van der Waals surface area contributed by atoms with Crippen LogP contribution >= 0.6 is 12.2 Å². The maximum Gasteiger partial charge on any atom is 0.260 e. The lowest BCUT2D eigenvalue weighted by molar-refractivity contribution is 0.0973. The first kappa shape index (κ1) is 12.2. The van der Waals surface area contributed by atoms with Crippen LogP contribution in [-0.2, 0) is 0 Å². The highest BCUT2D eigenvalue weighted by Crippen LogP contribution is 2.05. The number of benzene rings is 1. The van der Waals surface area contributed by atoms with Gasteiger partial charge in [0, 0.05) is 0 Å². The van der Waals surface area contributed by atoms with Crippen molar-refractivity contribution in [2.75, 3.05) is 0 Å². The Morgan fingerprint density at radius 2 is 2.11 bits per heavy atom. The van der Waals surface area contributed by atoms with E-state index in [1.54, 1.807) is 24.3 Å². The second-order valence-electron chi connectivity index (χ2n) is 3.47. The first-order chi connectivity index (χ1) is 8.66. The predicted molar refractivity (Wildman–Crippen MR) is 70.3 cm³/mol. The smallest absolute Gasteiger partial charge is 0.260 e. The first-order valence-electron chi connectivity index (χ1n) is 5.17. The summed E-state index contributed by atoms with van der Waals surface area (Å²) >= 11 is 4.94.